The number of benzene rings is 2. The number of sulfonamides is 1. The molecular weight excluding hydrogens is 371 g/mol. The zero-order chi connectivity index (χ0) is 20.0. The molecule has 0 aromatic heterocycles. The standard InChI is InChI=1S/C19H23FN2O4S/c1-14(2)12-21-27(24,25)18-10-8-17(9-11-18)26-13-19(23)22(3)16-6-4-15(20)5-7-16/h4-11,14,21H,12-13H2,1-3H3. The molecule has 2 aromatic carbocycles. The van der Waals surface area contributed by atoms with E-state index in [4.69, 9.17) is 4.74 Å². The van der Waals surface area contributed by atoms with Crippen molar-refractivity contribution in [2.75, 3.05) is 25.1 Å². The molecule has 0 aliphatic rings. The highest BCUT2D eigenvalue weighted by molar-refractivity contribution is 7.89. The van der Waals surface area contributed by atoms with Crippen LogP contribution in [0.25, 0.3) is 0 Å². The van der Waals surface area contributed by atoms with Crippen LogP contribution < -0.4 is 14.4 Å². The average molecular weight is 394 g/mol. The molecule has 6 nitrogen and oxygen atoms in total. The van der Waals surface area contributed by atoms with Crippen molar-refractivity contribution in [3.05, 3.63) is 54.3 Å². The van der Waals surface area contributed by atoms with E-state index in [1.54, 1.807) is 7.05 Å². The smallest absolute Gasteiger partial charge is 0.264 e. The molecule has 1 N–H and O–H groups in total. The predicted octanol–water partition coefficient (Wildman–Crippen LogP) is 2.80. The maximum absolute atomic E-state index is 12.9. The monoisotopic (exact) mass is 394 g/mol. The van der Waals surface area contributed by atoms with Crippen molar-refractivity contribution in [2.45, 2.75) is 18.7 Å². The first-order valence-electron chi connectivity index (χ1n) is 8.43. The minimum absolute atomic E-state index is 0.130. The first-order valence-corrected chi connectivity index (χ1v) is 9.92. The lowest BCUT2D eigenvalue weighted by Gasteiger charge is -2.17. The zero-order valence-corrected chi connectivity index (χ0v) is 16.3. The van der Waals surface area contributed by atoms with E-state index in [0.717, 1.165) is 0 Å². The molecule has 2 aromatic rings. The fourth-order valence-electron chi connectivity index (χ4n) is 2.13. The van der Waals surface area contributed by atoms with Crippen LogP contribution >= 0.6 is 0 Å². The fourth-order valence-corrected chi connectivity index (χ4v) is 3.34. The van der Waals surface area contributed by atoms with Gasteiger partial charge in [-0.3, -0.25) is 4.79 Å². The number of hydrogen-bond donors (Lipinski definition) is 1. The Hall–Kier alpha value is -2.45. The summed E-state index contributed by atoms with van der Waals surface area (Å²) >= 11 is 0. The Labute approximate surface area is 159 Å². The van der Waals surface area contributed by atoms with Crippen molar-refractivity contribution in [2.24, 2.45) is 5.92 Å². The molecule has 0 saturated heterocycles. The van der Waals surface area contributed by atoms with E-state index in [9.17, 15) is 17.6 Å². The van der Waals surface area contributed by atoms with Gasteiger partial charge in [-0.1, -0.05) is 13.8 Å². The second-order valence-corrected chi connectivity index (χ2v) is 8.20. The maximum Gasteiger partial charge on any atom is 0.264 e. The van der Waals surface area contributed by atoms with E-state index in [1.165, 1.54) is 53.4 Å². The molecule has 27 heavy (non-hydrogen) atoms. The van der Waals surface area contributed by atoms with Crippen molar-refractivity contribution in [1.82, 2.24) is 4.72 Å². The van der Waals surface area contributed by atoms with Gasteiger partial charge in [0, 0.05) is 19.3 Å². The summed E-state index contributed by atoms with van der Waals surface area (Å²) in [7, 11) is -2.00. The molecule has 0 aliphatic heterocycles. The summed E-state index contributed by atoms with van der Waals surface area (Å²) in [5.74, 6) is -0.129. The molecule has 0 heterocycles. The SMILES string of the molecule is CC(C)CNS(=O)(=O)c1ccc(OCC(=O)N(C)c2ccc(F)cc2)cc1. The Morgan fingerprint density at radius 2 is 1.70 bits per heavy atom. The Bertz CT molecular complexity index is 866. The normalized spacial score (nSPS) is 11.4. The summed E-state index contributed by atoms with van der Waals surface area (Å²) in [6, 6.07) is 11.4. The maximum atomic E-state index is 12.9. The molecule has 0 bridgehead atoms. The number of nitrogens with zero attached hydrogens (tertiary/aromatic N) is 1. The lowest BCUT2D eigenvalue weighted by molar-refractivity contribution is -0.120. The van der Waals surface area contributed by atoms with Crippen LogP contribution in [0.15, 0.2) is 53.4 Å². The van der Waals surface area contributed by atoms with Gasteiger partial charge in [-0.25, -0.2) is 17.5 Å². The van der Waals surface area contributed by atoms with Crippen LogP contribution in [0, 0.1) is 11.7 Å². The van der Waals surface area contributed by atoms with Crippen molar-refractivity contribution in [1.29, 1.82) is 0 Å². The summed E-state index contributed by atoms with van der Waals surface area (Å²) < 4.78 is 45.2. The van der Waals surface area contributed by atoms with Crippen LogP contribution in [-0.4, -0.2) is 34.5 Å². The highest BCUT2D eigenvalue weighted by Gasteiger charge is 2.15. The number of carbonyl (C=O) groups is 1. The second kappa shape index (κ2) is 8.96. The Balaban J connectivity index is 1.94. The molecule has 0 spiro atoms. The number of rotatable bonds is 8. The highest BCUT2D eigenvalue weighted by Crippen LogP contribution is 2.17. The predicted molar refractivity (Wildman–Crippen MR) is 102 cm³/mol. The molecular formula is C19H23FN2O4S. The van der Waals surface area contributed by atoms with Crippen molar-refractivity contribution < 1.29 is 22.3 Å². The number of halogens is 1. The van der Waals surface area contributed by atoms with E-state index >= 15 is 0 Å². The van der Waals surface area contributed by atoms with E-state index in [-0.39, 0.29) is 29.1 Å². The van der Waals surface area contributed by atoms with Crippen molar-refractivity contribution in [3.8, 4) is 5.75 Å². The van der Waals surface area contributed by atoms with Gasteiger partial charge in [-0.2, -0.15) is 0 Å². The number of anilines is 1. The van der Waals surface area contributed by atoms with Gasteiger partial charge in [-0.05, 0) is 54.4 Å². The third-order valence-corrected chi connectivity index (χ3v) is 5.21. The summed E-state index contributed by atoms with van der Waals surface area (Å²) in [5.41, 5.74) is 0.544. The molecule has 0 unspecified atom stereocenters. The lowest BCUT2D eigenvalue weighted by Crippen LogP contribution is -2.31. The van der Waals surface area contributed by atoms with E-state index in [2.05, 4.69) is 4.72 Å². The molecule has 8 heteroatoms. The molecule has 0 aliphatic carbocycles. The van der Waals surface area contributed by atoms with Crippen molar-refractivity contribution in [3.63, 3.8) is 0 Å². The highest BCUT2D eigenvalue weighted by atomic mass is 32.2. The molecule has 0 saturated carbocycles. The van der Waals surface area contributed by atoms with Crippen LogP contribution in [0.5, 0.6) is 5.75 Å². The molecule has 0 fully saturated rings. The van der Waals surface area contributed by atoms with Crippen LogP contribution in [0.3, 0.4) is 0 Å². The topological polar surface area (TPSA) is 75.7 Å². The van der Waals surface area contributed by atoms with Gasteiger partial charge < -0.3 is 9.64 Å². The van der Waals surface area contributed by atoms with Gasteiger partial charge in [-0.15, -0.1) is 0 Å². The van der Waals surface area contributed by atoms with Crippen LogP contribution in [0.1, 0.15) is 13.8 Å². The van der Waals surface area contributed by atoms with Crippen molar-refractivity contribution >= 4 is 21.6 Å². The third-order valence-electron chi connectivity index (χ3n) is 3.77. The number of ether oxygens (including phenoxy) is 1. The molecule has 0 radical (unpaired) electrons. The van der Waals surface area contributed by atoms with E-state index in [0.29, 0.717) is 18.0 Å². The lowest BCUT2D eigenvalue weighted by atomic mass is 10.2. The Morgan fingerprint density at radius 3 is 2.26 bits per heavy atom. The summed E-state index contributed by atoms with van der Waals surface area (Å²) in [5, 5.41) is 0. The van der Waals surface area contributed by atoms with E-state index < -0.39 is 10.0 Å². The van der Waals surface area contributed by atoms with Gasteiger partial charge in [0.1, 0.15) is 11.6 Å². The first kappa shape index (κ1) is 20.9. The first-order chi connectivity index (χ1) is 12.7. The molecule has 0 atom stereocenters. The zero-order valence-electron chi connectivity index (χ0n) is 15.5. The average Bonchev–Trinajstić information content (AvgIpc) is 2.65. The summed E-state index contributed by atoms with van der Waals surface area (Å²) in [6.07, 6.45) is 0. The number of hydrogen-bond acceptors (Lipinski definition) is 4. The van der Waals surface area contributed by atoms with Gasteiger partial charge in [0.05, 0.1) is 4.90 Å². The number of amides is 1. The minimum atomic E-state index is -3.57. The minimum Gasteiger partial charge on any atom is -0.484 e. The van der Waals surface area contributed by atoms with Gasteiger partial charge in [0.15, 0.2) is 6.61 Å². The number of carbonyl (C=O) groups excluding carboxylic acids is 1. The summed E-state index contributed by atoms with van der Waals surface area (Å²) in [4.78, 5) is 13.7. The summed E-state index contributed by atoms with van der Waals surface area (Å²) in [6.45, 7) is 3.95. The number of likely N-dealkylation sites (N-methyl/N-ethyl adjacent to an activating group) is 1. The Morgan fingerprint density at radius 1 is 1.11 bits per heavy atom. The number of nitrogens with one attached hydrogen (secondary N) is 1. The molecule has 2 rings (SSSR count). The van der Waals surface area contributed by atoms with Gasteiger partial charge >= 0.3 is 0 Å². The van der Waals surface area contributed by atoms with Crippen LogP contribution in [0.2, 0.25) is 0 Å². The second-order valence-electron chi connectivity index (χ2n) is 6.43. The Kier molecular flexibility index (Phi) is 6.92. The van der Waals surface area contributed by atoms with Gasteiger partial charge in [0.2, 0.25) is 10.0 Å². The third kappa shape index (κ3) is 6.04. The fraction of sp³-hybridized carbons (Fsp3) is 0.316. The quantitative estimate of drug-likeness (QED) is 0.747. The van der Waals surface area contributed by atoms with Crippen LogP contribution in [-0.2, 0) is 14.8 Å². The molecule has 146 valence electrons. The van der Waals surface area contributed by atoms with E-state index in [1.807, 2.05) is 13.8 Å². The van der Waals surface area contributed by atoms with Gasteiger partial charge in [0.25, 0.3) is 5.91 Å². The van der Waals surface area contributed by atoms with Crippen LogP contribution in [0.4, 0.5) is 10.1 Å². The molecule has 1 amide bonds. The largest absolute Gasteiger partial charge is 0.484 e.